The highest BCUT2D eigenvalue weighted by atomic mass is 32.2. The van der Waals surface area contributed by atoms with E-state index in [1.807, 2.05) is 29.6 Å². The highest BCUT2D eigenvalue weighted by Crippen LogP contribution is 2.28. The predicted octanol–water partition coefficient (Wildman–Crippen LogP) is 4.71. The van der Waals surface area contributed by atoms with E-state index in [4.69, 9.17) is 4.74 Å². The van der Waals surface area contributed by atoms with Crippen molar-refractivity contribution in [3.05, 3.63) is 59.2 Å². The van der Waals surface area contributed by atoms with Crippen molar-refractivity contribution >= 4 is 31.0 Å². The number of hydrogen-bond acceptors (Lipinski definition) is 5. The number of nitrogens with one attached hydrogen (secondary N) is 1. The summed E-state index contributed by atoms with van der Waals surface area (Å²) in [5.74, 6) is 0.731. The second kappa shape index (κ2) is 8.03. The van der Waals surface area contributed by atoms with Crippen molar-refractivity contribution in [2.45, 2.75) is 13.1 Å². The molecule has 0 radical (unpaired) electrons. The lowest BCUT2D eigenvalue weighted by atomic mass is 10.2. The first-order chi connectivity index (χ1) is 13.6. The van der Waals surface area contributed by atoms with Crippen LogP contribution in [0.1, 0.15) is 18.2 Å². The standard InChI is InChI=1S/C19H18F3N3O2S2/c1-12(14-6-9-17(23-10-14)19(20,21)22)29(3,26)25-18-24-16(11-28-18)13-4-7-15(27-2)8-5-13/h4-11H,1-3H3,(H,24,25,26). The Morgan fingerprint density at radius 3 is 2.41 bits per heavy atom. The third-order valence-corrected chi connectivity index (χ3v) is 7.09. The Labute approximate surface area is 170 Å². The van der Waals surface area contributed by atoms with Gasteiger partial charge in [-0.2, -0.15) is 13.2 Å². The maximum Gasteiger partial charge on any atom is 0.433 e. The fraction of sp³-hybridized carbons (Fsp3) is 0.211. The molecule has 5 nitrogen and oxygen atoms in total. The summed E-state index contributed by atoms with van der Waals surface area (Å²) in [7, 11) is -1.18. The van der Waals surface area contributed by atoms with Crippen LogP contribution in [0.3, 0.4) is 0 Å². The third kappa shape index (κ3) is 4.88. The van der Waals surface area contributed by atoms with Crippen molar-refractivity contribution in [2.24, 2.45) is 0 Å². The molecular formula is C19H18F3N3O2S2. The third-order valence-electron chi connectivity index (χ3n) is 4.22. The van der Waals surface area contributed by atoms with Crippen molar-refractivity contribution in [3.8, 4) is 17.0 Å². The summed E-state index contributed by atoms with van der Waals surface area (Å²) in [6.07, 6.45) is -1.96. The zero-order chi connectivity index (χ0) is 21.2. The highest BCUT2D eigenvalue weighted by Gasteiger charge is 2.32. The number of alkyl halides is 3. The molecule has 0 aliphatic carbocycles. The number of hydrogen-bond donors (Lipinski definition) is 1. The molecule has 2 heterocycles. The molecule has 29 heavy (non-hydrogen) atoms. The number of thiazole rings is 1. The second-order valence-electron chi connectivity index (χ2n) is 6.20. The maximum atomic E-state index is 13.1. The molecule has 10 heteroatoms. The molecule has 1 N–H and O–H groups in total. The number of halogens is 3. The number of anilines is 1. The van der Waals surface area contributed by atoms with E-state index in [1.54, 1.807) is 14.0 Å². The van der Waals surface area contributed by atoms with Crippen molar-refractivity contribution < 1.29 is 22.1 Å². The monoisotopic (exact) mass is 441 g/mol. The summed E-state index contributed by atoms with van der Waals surface area (Å²) >= 11 is 1.29. The Balaban J connectivity index is 1.84. The van der Waals surface area contributed by atoms with Crippen LogP contribution in [0, 0.1) is 0 Å². The largest absolute Gasteiger partial charge is 0.497 e. The van der Waals surface area contributed by atoms with E-state index in [0.29, 0.717) is 21.3 Å². The summed E-state index contributed by atoms with van der Waals surface area (Å²) in [6.45, 7) is 1.59. The van der Waals surface area contributed by atoms with E-state index in [0.717, 1.165) is 23.6 Å². The van der Waals surface area contributed by atoms with Gasteiger partial charge in [0.25, 0.3) is 0 Å². The average Bonchev–Trinajstić information content (AvgIpc) is 3.14. The van der Waals surface area contributed by atoms with E-state index >= 15 is 0 Å². The molecule has 0 bridgehead atoms. The minimum Gasteiger partial charge on any atom is -0.497 e. The van der Waals surface area contributed by atoms with Gasteiger partial charge in [0.2, 0.25) is 0 Å². The minimum atomic E-state index is -4.52. The van der Waals surface area contributed by atoms with E-state index < -0.39 is 21.6 Å². The zero-order valence-corrected chi connectivity index (χ0v) is 17.4. The molecule has 3 aromatic rings. The fourth-order valence-corrected chi connectivity index (χ4v) is 4.79. The molecule has 0 saturated carbocycles. The molecule has 1 aromatic carbocycles. The van der Waals surface area contributed by atoms with Crippen LogP contribution in [0.5, 0.6) is 5.75 Å². The minimum absolute atomic E-state index is 0.366. The first-order valence-corrected chi connectivity index (χ1v) is 11.2. The van der Waals surface area contributed by atoms with Crippen molar-refractivity contribution in [3.63, 3.8) is 0 Å². The smallest absolute Gasteiger partial charge is 0.433 e. The van der Waals surface area contributed by atoms with Gasteiger partial charge in [0.05, 0.1) is 22.5 Å². The van der Waals surface area contributed by atoms with E-state index in [-0.39, 0.29) is 0 Å². The van der Waals surface area contributed by atoms with Crippen LogP contribution in [-0.2, 0) is 15.9 Å². The Morgan fingerprint density at radius 2 is 1.86 bits per heavy atom. The summed E-state index contributed by atoms with van der Waals surface area (Å²) < 4.78 is 59.2. The van der Waals surface area contributed by atoms with Gasteiger partial charge in [-0.05, 0) is 37.3 Å². The van der Waals surface area contributed by atoms with Gasteiger partial charge in [0.1, 0.15) is 11.4 Å². The van der Waals surface area contributed by atoms with Gasteiger partial charge in [0.15, 0.2) is 5.13 Å². The van der Waals surface area contributed by atoms with Gasteiger partial charge in [0, 0.05) is 33.8 Å². The molecule has 0 spiro atoms. The first-order valence-electron chi connectivity index (χ1n) is 8.34. The van der Waals surface area contributed by atoms with Gasteiger partial charge in [-0.25, -0.2) is 9.19 Å². The van der Waals surface area contributed by atoms with Crippen LogP contribution < -0.4 is 9.46 Å². The van der Waals surface area contributed by atoms with E-state index in [9.17, 15) is 17.4 Å². The van der Waals surface area contributed by atoms with Crippen LogP contribution in [0.15, 0.2) is 48.0 Å². The Kier molecular flexibility index (Phi) is 5.85. The molecule has 1 unspecified atom stereocenters. The van der Waals surface area contributed by atoms with Gasteiger partial charge in [-0.1, -0.05) is 6.07 Å². The Bertz CT molecular complexity index is 1110. The van der Waals surface area contributed by atoms with Crippen molar-refractivity contribution in [1.29, 1.82) is 0 Å². The highest BCUT2D eigenvalue weighted by molar-refractivity contribution is 8.03. The van der Waals surface area contributed by atoms with Crippen LogP contribution in [0.2, 0.25) is 0 Å². The first kappa shape index (κ1) is 21.1. The van der Waals surface area contributed by atoms with Crippen LogP contribution in [0.4, 0.5) is 18.3 Å². The maximum absolute atomic E-state index is 13.1. The predicted molar refractivity (Wildman–Crippen MR) is 111 cm³/mol. The second-order valence-corrected chi connectivity index (χ2v) is 9.56. The molecular weight excluding hydrogens is 423 g/mol. The molecule has 0 amide bonds. The normalized spacial score (nSPS) is 13.6. The molecule has 0 saturated heterocycles. The summed E-state index contributed by atoms with van der Waals surface area (Å²) in [5.41, 5.74) is 0.966. The quantitative estimate of drug-likeness (QED) is 0.460. The van der Waals surface area contributed by atoms with Crippen LogP contribution >= 0.6 is 11.3 Å². The lowest BCUT2D eigenvalue weighted by Gasteiger charge is -2.12. The Hall–Kier alpha value is -2.59. The summed E-state index contributed by atoms with van der Waals surface area (Å²) in [5, 5.41) is 2.27. The number of ether oxygens (including phenoxy) is 1. The fourth-order valence-electron chi connectivity index (χ4n) is 2.45. The van der Waals surface area contributed by atoms with Crippen molar-refractivity contribution in [2.75, 3.05) is 18.1 Å². The topological polar surface area (TPSA) is 64.1 Å². The number of rotatable bonds is 5. The van der Waals surface area contributed by atoms with Gasteiger partial charge < -0.3 is 4.74 Å². The molecule has 3 rings (SSSR count). The molecule has 1 atom stereocenters. The van der Waals surface area contributed by atoms with Gasteiger partial charge in [-0.3, -0.25) is 9.71 Å². The molecule has 154 valence electrons. The lowest BCUT2D eigenvalue weighted by molar-refractivity contribution is -0.141. The molecule has 2 aromatic heterocycles. The SMILES string of the molecule is COc1ccc(-c2csc(NS(C)(=O)=C(C)c3ccc(C(F)(F)F)nc3)n2)cc1. The number of nitrogens with zero attached hydrogens (tertiary/aromatic N) is 2. The number of aromatic nitrogens is 2. The van der Waals surface area contributed by atoms with Gasteiger partial charge >= 0.3 is 6.18 Å². The number of benzene rings is 1. The average molecular weight is 442 g/mol. The van der Waals surface area contributed by atoms with Crippen molar-refractivity contribution in [1.82, 2.24) is 9.97 Å². The Morgan fingerprint density at radius 1 is 1.17 bits per heavy atom. The van der Waals surface area contributed by atoms with E-state index in [2.05, 4.69) is 14.7 Å². The number of methoxy groups -OCH3 is 1. The van der Waals surface area contributed by atoms with E-state index in [1.165, 1.54) is 23.7 Å². The van der Waals surface area contributed by atoms with Crippen LogP contribution in [0.25, 0.3) is 11.3 Å². The molecule has 0 aliphatic heterocycles. The lowest BCUT2D eigenvalue weighted by Crippen LogP contribution is -2.20. The van der Waals surface area contributed by atoms with Gasteiger partial charge in [-0.15, -0.1) is 11.3 Å². The summed E-state index contributed by atoms with van der Waals surface area (Å²) in [4.78, 5) is 8.27. The zero-order valence-electron chi connectivity index (χ0n) is 15.8. The van der Waals surface area contributed by atoms with Crippen LogP contribution in [-0.4, -0.2) is 32.4 Å². The summed E-state index contributed by atoms with van der Waals surface area (Å²) in [6, 6.07) is 9.51. The molecule has 0 aliphatic rings. The molecule has 0 fully saturated rings. The number of pyridine rings is 1.